The summed E-state index contributed by atoms with van der Waals surface area (Å²) >= 11 is 3.52. The smallest absolute Gasteiger partial charge is 0.103 e. The van der Waals surface area contributed by atoms with Crippen molar-refractivity contribution in [3.05, 3.63) is 16.1 Å². The minimum absolute atomic E-state index is 0.215. The lowest BCUT2D eigenvalue weighted by Gasteiger charge is -2.24. The summed E-state index contributed by atoms with van der Waals surface area (Å²) in [4.78, 5) is 4.59. The van der Waals surface area contributed by atoms with Crippen LogP contribution in [0.3, 0.4) is 0 Å². The Bertz CT molecular complexity index is 279. The Morgan fingerprint density at radius 2 is 2.14 bits per heavy atom. The molecule has 0 radical (unpaired) electrons. The molecule has 0 aliphatic carbocycles. The molecule has 0 unspecified atom stereocenters. The standard InChI is InChI=1S/C10H18N2S2/c1-4-10(11,5-2)8-6-14-9(12-8)7-13-3/h6H,4-5,7,11H2,1-3H3. The zero-order chi connectivity index (χ0) is 10.6. The van der Waals surface area contributed by atoms with E-state index < -0.39 is 0 Å². The zero-order valence-corrected chi connectivity index (χ0v) is 10.7. The minimum Gasteiger partial charge on any atom is -0.320 e. The highest BCUT2D eigenvalue weighted by Crippen LogP contribution is 2.27. The predicted molar refractivity (Wildman–Crippen MR) is 65.8 cm³/mol. The van der Waals surface area contributed by atoms with Gasteiger partial charge in [0.1, 0.15) is 5.01 Å². The van der Waals surface area contributed by atoms with Gasteiger partial charge in [-0.05, 0) is 19.1 Å². The molecule has 0 aromatic carbocycles. The highest BCUT2D eigenvalue weighted by molar-refractivity contribution is 7.97. The van der Waals surface area contributed by atoms with E-state index in [2.05, 4.69) is 30.5 Å². The third-order valence-electron chi connectivity index (χ3n) is 2.59. The van der Waals surface area contributed by atoms with E-state index >= 15 is 0 Å². The van der Waals surface area contributed by atoms with Gasteiger partial charge in [-0.15, -0.1) is 11.3 Å². The fourth-order valence-electron chi connectivity index (χ4n) is 1.34. The van der Waals surface area contributed by atoms with Gasteiger partial charge in [0, 0.05) is 11.1 Å². The van der Waals surface area contributed by atoms with Crippen LogP contribution in [0.4, 0.5) is 0 Å². The summed E-state index contributed by atoms with van der Waals surface area (Å²) in [7, 11) is 0. The van der Waals surface area contributed by atoms with Gasteiger partial charge in [0.2, 0.25) is 0 Å². The number of nitrogens with two attached hydrogens (primary N) is 1. The molecular formula is C10H18N2S2. The summed E-state index contributed by atoms with van der Waals surface area (Å²) in [5.41, 5.74) is 7.12. The fourth-order valence-corrected chi connectivity index (χ4v) is 2.96. The Balaban J connectivity index is 2.84. The van der Waals surface area contributed by atoms with Gasteiger partial charge in [0.05, 0.1) is 11.2 Å². The summed E-state index contributed by atoms with van der Waals surface area (Å²) < 4.78 is 0. The molecule has 1 heterocycles. The Kier molecular flexibility index (Phi) is 4.41. The van der Waals surface area contributed by atoms with Crippen molar-refractivity contribution in [1.82, 2.24) is 4.98 Å². The average Bonchev–Trinajstić information content (AvgIpc) is 2.66. The van der Waals surface area contributed by atoms with Crippen molar-refractivity contribution >= 4 is 23.1 Å². The summed E-state index contributed by atoms with van der Waals surface area (Å²) in [5, 5.41) is 3.29. The van der Waals surface area contributed by atoms with Gasteiger partial charge in [0.25, 0.3) is 0 Å². The average molecular weight is 230 g/mol. The molecule has 0 spiro atoms. The second-order valence-electron chi connectivity index (χ2n) is 3.42. The van der Waals surface area contributed by atoms with E-state index in [1.165, 1.54) is 5.01 Å². The molecule has 0 saturated heterocycles. The van der Waals surface area contributed by atoms with Gasteiger partial charge in [-0.1, -0.05) is 13.8 Å². The molecule has 0 amide bonds. The van der Waals surface area contributed by atoms with E-state index in [-0.39, 0.29) is 5.54 Å². The van der Waals surface area contributed by atoms with Gasteiger partial charge < -0.3 is 5.73 Å². The fraction of sp³-hybridized carbons (Fsp3) is 0.700. The predicted octanol–water partition coefficient (Wildman–Crippen LogP) is 2.98. The third kappa shape index (κ3) is 2.49. The SMILES string of the molecule is CCC(N)(CC)c1csc(CSC)n1. The van der Waals surface area contributed by atoms with E-state index in [0.29, 0.717) is 0 Å². The van der Waals surface area contributed by atoms with Crippen LogP contribution in [-0.2, 0) is 11.3 Å². The quantitative estimate of drug-likeness (QED) is 0.845. The molecular weight excluding hydrogens is 212 g/mol. The van der Waals surface area contributed by atoms with Gasteiger partial charge >= 0.3 is 0 Å². The second-order valence-corrected chi connectivity index (χ2v) is 5.23. The van der Waals surface area contributed by atoms with Crippen molar-refractivity contribution in [2.45, 2.75) is 38.0 Å². The Hall–Kier alpha value is -0.0600. The zero-order valence-electron chi connectivity index (χ0n) is 9.04. The van der Waals surface area contributed by atoms with E-state index in [4.69, 9.17) is 5.73 Å². The number of hydrogen-bond acceptors (Lipinski definition) is 4. The van der Waals surface area contributed by atoms with E-state index in [9.17, 15) is 0 Å². The number of nitrogens with zero attached hydrogens (tertiary/aromatic N) is 1. The molecule has 2 N–H and O–H groups in total. The van der Waals surface area contributed by atoms with Crippen LogP contribution >= 0.6 is 23.1 Å². The molecule has 4 heteroatoms. The van der Waals surface area contributed by atoms with Crippen molar-refractivity contribution in [1.29, 1.82) is 0 Å². The number of thiazole rings is 1. The van der Waals surface area contributed by atoms with Crippen LogP contribution in [0.2, 0.25) is 0 Å². The van der Waals surface area contributed by atoms with Crippen molar-refractivity contribution in [2.75, 3.05) is 6.26 Å². The maximum Gasteiger partial charge on any atom is 0.103 e. The second kappa shape index (κ2) is 5.14. The minimum atomic E-state index is -0.215. The van der Waals surface area contributed by atoms with Crippen LogP contribution in [0.15, 0.2) is 5.38 Å². The molecule has 2 nitrogen and oxygen atoms in total. The molecule has 14 heavy (non-hydrogen) atoms. The number of rotatable bonds is 5. The highest BCUT2D eigenvalue weighted by atomic mass is 32.2. The van der Waals surface area contributed by atoms with Crippen molar-refractivity contribution in [3.63, 3.8) is 0 Å². The van der Waals surface area contributed by atoms with Crippen molar-refractivity contribution in [2.24, 2.45) is 5.73 Å². The van der Waals surface area contributed by atoms with Gasteiger partial charge in [0.15, 0.2) is 0 Å². The van der Waals surface area contributed by atoms with E-state index in [0.717, 1.165) is 24.3 Å². The Morgan fingerprint density at radius 1 is 1.50 bits per heavy atom. The summed E-state index contributed by atoms with van der Waals surface area (Å²) in [6.45, 7) is 4.24. The normalized spacial score (nSPS) is 12.0. The van der Waals surface area contributed by atoms with Gasteiger partial charge in [-0.2, -0.15) is 11.8 Å². The Morgan fingerprint density at radius 3 is 2.64 bits per heavy atom. The van der Waals surface area contributed by atoms with Crippen LogP contribution < -0.4 is 5.73 Å². The lowest BCUT2D eigenvalue weighted by molar-refractivity contribution is 0.402. The third-order valence-corrected chi connectivity index (χ3v) is 4.19. The van der Waals surface area contributed by atoms with Crippen molar-refractivity contribution < 1.29 is 0 Å². The molecule has 0 saturated carbocycles. The Labute approximate surface area is 94.3 Å². The molecule has 1 rings (SSSR count). The van der Waals surface area contributed by atoms with Gasteiger partial charge in [-0.3, -0.25) is 0 Å². The van der Waals surface area contributed by atoms with Crippen molar-refractivity contribution in [3.8, 4) is 0 Å². The first-order chi connectivity index (χ1) is 6.66. The molecule has 0 fully saturated rings. The first-order valence-corrected chi connectivity index (χ1v) is 7.16. The maximum atomic E-state index is 6.26. The van der Waals surface area contributed by atoms with Gasteiger partial charge in [-0.25, -0.2) is 4.98 Å². The van der Waals surface area contributed by atoms with Crippen LogP contribution in [0.25, 0.3) is 0 Å². The summed E-state index contributed by atoms with van der Waals surface area (Å²) in [5.74, 6) is 0.994. The van der Waals surface area contributed by atoms with Crippen LogP contribution in [0.1, 0.15) is 37.4 Å². The number of hydrogen-bond donors (Lipinski definition) is 1. The lowest BCUT2D eigenvalue weighted by atomic mass is 9.91. The summed E-state index contributed by atoms with van der Waals surface area (Å²) in [6, 6.07) is 0. The summed E-state index contributed by atoms with van der Waals surface area (Å²) in [6.07, 6.45) is 3.99. The van der Waals surface area contributed by atoms with E-state index in [1.807, 2.05) is 0 Å². The molecule has 0 aliphatic heterocycles. The number of thioether (sulfide) groups is 1. The number of aromatic nitrogens is 1. The van der Waals surface area contributed by atoms with Crippen LogP contribution in [0.5, 0.6) is 0 Å². The first kappa shape index (κ1) is 12.0. The largest absolute Gasteiger partial charge is 0.320 e. The monoisotopic (exact) mass is 230 g/mol. The molecule has 1 aromatic rings. The molecule has 0 bridgehead atoms. The maximum absolute atomic E-state index is 6.26. The molecule has 80 valence electrons. The van der Waals surface area contributed by atoms with Crippen LogP contribution in [0, 0.1) is 0 Å². The molecule has 1 aromatic heterocycles. The highest BCUT2D eigenvalue weighted by Gasteiger charge is 2.25. The lowest BCUT2D eigenvalue weighted by Crippen LogP contribution is -2.35. The van der Waals surface area contributed by atoms with E-state index in [1.54, 1.807) is 23.1 Å². The van der Waals surface area contributed by atoms with Crippen LogP contribution in [-0.4, -0.2) is 11.2 Å². The molecule has 0 aliphatic rings. The first-order valence-electron chi connectivity index (χ1n) is 4.89. The topological polar surface area (TPSA) is 38.9 Å². The molecule has 0 atom stereocenters.